The van der Waals surface area contributed by atoms with E-state index in [9.17, 15) is 0 Å². The quantitative estimate of drug-likeness (QED) is 0.361. The van der Waals surface area contributed by atoms with Crippen LogP contribution >= 0.6 is 0 Å². The first kappa shape index (κ1) is 22.2. The fraction of sp³-hybridized carbons (Fsp3) is 1.00. The van der Waals surface area contributed by atoms with Crippen molar-refractivity contribution >= 4 is 17.6 Å². The maximum atomic E-state index is 6.33. The number of hydrogen-bond donors (Lipinski definition) is 0. The molecule has 6 nitrogen and oxygen atoms in total. The monoisotopic (exact) mass is 380 g/mol. The summed E-state index contributed by atoms with van der Waals surface area (Å²) in [5.74, 6) is 0. The Morgan fingerprint density at radius 3 is 2.21 bits per heavy atom. The number of rotatable bonds is 13. The Balaban J connectivity index is 1.93. The molecule has 1 aliphatic heterocycles. The van der Waals surface area contributed by atoms with Gasteiger partial charge in [0.1, 0.15) is 0 Å². The summed E-state index contributed by atoms with van der Waals surface area (Å²) in [7, 11) is -1.32. The second-order valence-corrected chi connectivity index (χ2v) is 12.5. The summed E-state index contributed by atoms with van der Waals surface area (Å²) in [6, 6.07) is 2.31. The third-order valence-corrected chi connectivity index (χ3v) is 10.9. The summed E-state index contributed by atoms with van der Waals surface area (Å²) in [6.45, 7) is 9.81. The molecule has 0 N–H and O–H groups in total. The highest BCUT2D eigenvalue weighted by atomic mass is 28.4. The summed E-state index contributed by atoms with van der Waals surface area (Å²) >= 11 is 0. The molecule has 0 aromatic rings. The van der Waals surface area contributed by atoms with Crippen LogP contribution < -0.4 is 0 Å². The molecule has 0 aromatic carbocycles. The minimum atomic E-state index is -1.96. The first-order valence-electron chi connectivity index (χ1n) is 9.20. The zero-order valence-corrected chi connectivity index (χ0v) is 17.9. The van der Waals surface area contributed by atoms with Crippen molar-refractivity contribution < 1.29 is 27.5 Å². The first-order valence-corrected chi connectivity index (χ1v) is 14.2. The van der Waals surface area contributed by atoms with E-state index in [1.54, 1.807) is 7.11 Å². The Bertz CT molecular complexity index is 298. The molecule has 2 atom stereocenters. The van der Waals surface area contributed by atoms with Crippen LogP contribution in [0.3, 0.4) is 0 Å². The summed E-state index contributed by atoms with van der Waals surface area (Å²) in [5.41, 5.74) is 0. The van der Waals surface area contributed by atoms with Gasteiger partial charge in [0.05, 0.1) is 39.6 Å². The van der Waals surface area contributed by atoms with Crippen LogP contribution in [0, 0.1) is 0 Å². The summed E-state index contributed by atoms with van der Waals surface area (Å²) in [4.78, 5) is 0. The Morgan fingerprint density at radius 2 is 1.54 bits per heavy atom. The van der Waals surface area contributed by atoms with E-state index in [4.69, 9.17) is 27.5 Å². The highest BCUT2D eigenvalue weighted by molar-refractivity contribution is 6.74. The van der Waals surface area contributed by atoms with Gasteiger partial charge in [-0.15, -0.1) is 0 Å². The lowest BCUT2D eigenvalue weighted by atomic mass is 10.4. The van der Waals surface area contributed by atoms with Crippen LogP contribution in [0.5, 0.6) is 0 Å². The molecule has 0 radical (unpaired) electrons. The van der Waals surface area contributed by atoms with Crippen LogP contribution in [0.4, 0.5) is 0 Å². The number of hydrogen-bond acceptors (Lipinski definition) is 6. The maximum absolute atomic E-state index is 6.33. The van der Waals surface area contributed by atoms with Gasteiger partial charge in [0.25, 0.3) is 0 Å². The van der Waals surface area contributed by atoms with E-state index < -0.39 is 17.6 Å². The predicted octanol–water partition coefficient (Wildman–Crippen LogP) is 2.33. The average Bonchev–Trinajstić information content (AvgIpc) is 2.54. The minimum Gasteiger partial charge on any atom is -0.439 e. The molecule has 144 valence electrons. The van der Waals surface area contributed by atoms with Crippen molar-refractivity contribution in [1.82, 2.24) is 0 Å². The molecule has 8 heteroatoms. The van der Waals surface area contributed by atoms with Crippen LogP contribution in [-0.2, 0) is 27.5 Å². The van der Waals surface area contributed by atoms with E-state index >= 15 is 0 Å². The molecule has 0 aliphatic carbocycles. The van der Waals surface area contributed by atoms with E-state index in [0.717, 1.165) is 25.7 Å². The SMILES string of the molecule is COCCOCCOCCOCCC[Si]1(C)OCCCC[SiH](C)O1. The van der Waals surface area contributed by atoms with Gasteiger partial charge in [-0.05, 0) is 38.0 Å². The molecule has 0 spiro atoms. The lowest BCUT2D eigenvalue weighted by molar-refractivity contribution is 0.00361. The Hall–Kier alpha value is 0.194. The average molecular weight is 381 g/mol. The van der Waals surface area contributed by atoms with E-state index in [0.29, 0.717) is 39.6 Å². The lowest BCUT2D eigenvalue weighted by Gasteiger charge is -2.32. The zero-order valence-electron chi connectivity index (χ0n) is 15.7. The molecular weight excluding hydrogens is 344 g/mol. The van der Waals surface area contributed by atoms with Gasteiger partial charge in [-0.3, -0.25) is 0 Å². The fourth-order valence-corrected chi connectivity index (χ4v) is 9.64. The fourth-order valence-electron chi connectivity index (χ4n) is 2.65. The molecule has 1 fully saturated rings. The van der Waals surface area contributed by atoms with Crippen molar-refractivity contribution in [2.24, 2.45) is 0 Å². The lowest BCUT2D eigenvalue weighted by Crippen LogP contribution is -2.44. The Labute approximate surface area is 150 Å². The van der Waals surface area contributed by atoms with Crippen molar-refractivity contribution in [1.29, 1.82) is 0 Å². The second-order valence-electron chi connectivity index (χ2n) is 6.34. The molecule has 0 amide bonds. The largest absolute Gasteiger partial charge is 0.439 e. The molecule has 1 heterocycles. The summed E-state index contributed by atoms with van der Waals surface area (Å²) in [6.07, 6.45) is 3.45. The van der Waals surface area contributed by atoms with Gasteiger partial charge < -0.3 is 27.5 Å². The predicted molar refractivity (Wildman–Crippen MR) is 99.5 cm³/mol. The Morgan fingerprint density at radius 1 is 0.917 bits per heavy atom. The van der Waals surface area contributed by atoms with Crippen molar-refractivity contribution in [3.05, 3.63) is 0 Å². The van der Waals surface area contributed by atoms with Gasteiger partial charge in [0, 0.05) is 20.3 Å². The molecule has 24 heavy (non-hydrogen) atoms. The van der Waals surface area contributed by atoms with Gasteiger partial charge in [-0.25, -0.2) is 0 Å². The highest BCUT2D eigenvalue weighted by Crippen LogP contribution is 2.22. The zero-order chi connectivity index (χ0) is 17.5. The van der Waals surface area contributed by atoms with Crippen molar-refractivity contribution in [2.45, 2.75) is 44.4 Å². The van der Waals surface area contributed by atoms with Crippen molar-refractivity contribution in [2.75, 3.05) is 60.0 Å². The van der Waals surface area contributed by atoms with E-state index in [1.807, 2.05) is 0 Å². The van der Waals surface area contributed by atoms with Gasteiger partial charge in [0.2, 0.25) is 0 Å². The van der Waals surface area contributed by atoms with Gasteiger partial charge >= 0.3 is 8.56 Å². The van der Waals surface area contributed by atoms with Gasteiger partial charge in [-0.1, -0.05) is 6.42 Å². The highest BCUT2D eigenvalue weighted by Gasteiger charge is 2.33. The van der Waals surface area contributed by atoms with Crippen LogP contribution in [0.1, 0.15) is 19.3 Å². The van der Waals surface area contributed by atoms with Crippen LogP contribution in [0.25, 0.3) is 0 Å². The maximum Gasteiger partial charge on any atom is 0.324 e. The topological polar surface area (TPSA) is 55.4 Å². The summed E-state index contributed by atoms with van der Waals surface area (Å²) < 4.78 is 33.7. The van der Waals surface area contributed by atoms with E-state index in [2.05, 4.69) is 13.1 Å². The molecule has 0 aromatic heterocycles. The molecule has 1 rings (SSSR count). The standard InChI is InChI=1S/C16H36O6Si2/c1-17-9-10-19-13-14-20-12-11-18-7-6-16-24(3)21-8-4-5-15-23(2)22-24/h23H,4-16H2,1-3H3. The summed E-state index contributed by atoms with van der Waals surface area (Å²) in [5, 5.41) is 0. The van der Waals surface area contributed by atoms with E-state index in [1.165, 1.54) is 18.9 Å². The molecule has 2 unspecified atom stereocenters. The Kier molecular flexibility index (Phi) is 13.3. The molecular formula is C16H36O6Si2. The normalized spacial score (nSPS) is 25.4. The van der Waals surface area contributed by atoms with Crippen LogP contribution in [0.15, 0.2) is 0 Å². The third-order valence-electron chi connectivity index (χ3n) is 3.96. The third kappa shape index (κ3) is 11.7. The van der Waals surface area contributed by atoms with Crippen molar-refractivity contribution in [3.8, 4) is 0 Å². The van der Waals surface area contributed by atoms with Crippen LogP contribution in [-0.4, -0.2) is 77.6 Å². The number of ether oxygens (including phenoxy) is 4. The molecule has 1 saturated heterocycles. The van der Waals surface area contributed by atoms with Crippen LogP contribution in [0.2, 0.25) is 25.2 Å². The van der Waals surface area contributed by atoms with Gasteiger partial charge in [0.15, 0.2) is 9.04 Å². The number of methoxy groups -OCH3 is 1. The molecule has 0 saturated carbocycles. The van der Waals surface area contributed by atoms with E-state index in [-0.39, 0.29) is 0 Å². The smallest absolute Gasteiger partial charge is 0.324 e. The van der Waals surface area contributed by atoms with Gasteiger partial charge in [-0.2, -0.15) is 0 Å². The molecule has 1 aliphatic rings. The van der Waals surface area contributed by atoms with Crippen molar-refractivity contribution in [3.63, 3.8) is 0 Å². The molecule has 0 bridgehead atoms. The second kappa shape index (κ2) is 14.4. The minimum absolute atomic E-state index is 0.599. The first-order chi connectivity index (χ1) is 11.7.